The lowest BCUT2D eigenvalue weighted by molar-refractivity contribution is 0.171. The number of isothiocyanates is 1. The molecule has 0 bridgehead atoms. The third-order valence-electron chi connectivity index (χ3n) is 1.32. The largest absolute Gasteiger partial charge is 0.452 e. The van der Waals surface area contributed by atoms with Gasteiger partial charge in [-0.3, -0.25) is 0 Å². The standard InChI is InChI=1S/C7H8.C3H4N2O2S/c1-7-5-3-2-4-6-7;1-7-3(6)5-4-2-8/h2-6H,1H3;1H3,(H,5,6). The van der Waals surface area contributed by atoms with Gasteiger partial charge in [0.15, 0.2) is 0 Å². The SMILES string of the molecule is COC(=O)NN=C=S.Cc1ccccc1. The summed E-state index contributed by atoms with van der Waals surface area (Å²) in [5.41, 5.74) is 3.25. The van der Waals surface area contributed by atoms with Crippen molar-refractivity contribution >= 4 is 23.5 Å². The van der Waals surface area contributed by atoms with Crippen LogP contribution in [-0.4, -0.2) is 18.4 Å². The monoisotopic (exact) mass is 224 g/mol. The Kier molecular flexibility index (Phi) is 7.86. The van der Waals surface area contributed by atoms with E-state index in [1.54, 1.807) is 0 Å². The highest BCUT2D eigenvalue weighted by Gasteiger charge is 1.89. The molecule has 0 aliphatic carbocycles. The smallest absolute Gasteiger partial charge is 0.428 e. The first-order valence-electron chi connectivity index (χ1n) is 4.13. The van der Waals surface area contributed by atoms with Gasteiger partial charge in [0.25, 0.3) is 0 Å². The molecule has 15 heavy (non-hydrogen) atoms. The molecule has 0 atom stereocenters. The molecule has 0 radical (unpaired) electrons. The molecule has 5 heteroatoms. The number of carbonyl (C=O) groups excluding carboxylic acids is 1. The van der Waals surface area contributed by atoms with E-state index < -0.39 is 6.09 Å². The summed E-state index contributed by atoms with van der Waals surface area (Å²) >= 11 is 4.13. The topological polar surface area (TPSA) is 50.7 Å². The van der Waals surface area contributed by atoms with Crippen molar-refractivity contribution in [2.45, 2.75) is 6.92 Å². The maximum Gasteiger partial charge on any atom is 0.428 e. The Morgan fingerprint density at radius 1 is 1.47 bits per heavy atom. The molecule has 0 unspecified atom stereocenters. The van der Waals surface area contributed by atoms with Crippen molar-refractivity contribution in [3.8, 4) is 0 Å². The second-order valence-electron chi connectivity index (χ2n) is 2.46. The van der Waals surface area contributed by atoms with Gasteiger partial charge in [0, 0.05) is 0 Å². The van der Waals surface area contributed by atoms with Crippen LogP contribution in [0.5, 0.6) is 0 Å². The number of hydrogen-bond donors (Lipinski definition) is 1. The molecule has 80 valence electrons. The minimum atomic E-state index is -0.651. The van der Waals surface area contributed by atoms with Crippen molar-refractivity contribution in [3.05, 3.63) is 35.9 Å². The van der Waals surface area contributed by atoms with E-state index in [-0.39, 0.29) is 0 Å². The molecule has 0 saturated heterocycles. The van der Waals surface area contributed by atoms with E-state index in [0.717, 1.165) is 0 Å². The van der Waals surface area contributed by atoms with Crippen LogP contribution in [0.15, 0.2) is 35.4 Å². The Hall–Kier alpha value is -1.71. The molecular formula is C10H12N2O2S. The number of carbonyl (C=O) groups is 1. The lowest BCUT2D eigenvalue weighted by Gasteiger charge is -1.90. The average Bonchev–Trinajstić information content (AvgIpc) is 2.28. The molecular weight excluding hydrogens is 212 g/mol. The van der Waals surface area contributed by atoms with Gasteiger partial charge in [0.05, 0.1) is 12.3 Å². The summed E-state index contributed by atoms with van der Waals surface area (Å²) < 4.78 is 4.12. The molecule has 1 rings (SSSR count). The number of rotatable bonds is 1. The van der Waals surface area contributed by atoms with Crippen LogP contribution >= 0.6 is 12.2 Å². The first-order valence-corrected chi connectivity index (χ1v) is 4.54. The zero-order valence-corrected chi connectivity index (χ0v) is 9.38. The maximum absolute atomic E-state index is 10.1. The molecule has 0 aliphatic rings. The van der Waals surface area contributed by atoms with Crippen LogP contribution in [0, 0.1) is 6.92 Å². The molecule has 4 nitrogen and oxygen atoms in total. The summed E-state index contributed by atoms with van der Waals surface area (Å²) in [6, 6.07) is 10.3. The van der Waals surface area contributed by atoms with Gasteiger partial charge in [-0.15, -0.1) is 5.10 Å². The van der Waals surface area contributed by atoms with Gasteiger partial charge in [0.1, 0.15) is 0 Å². The second kappa shape index (κ2) is 8.87. The fourth-order valence-electron chi connectivity index (χ4n) is 0.648. The van der Waals surface area contributed by atoms with Crippen LogP contribution in [-0.2, 0) is 4.74 Å². The molecule has 1 amide bonds. The van der Waals surface area contributed by atoms with Gasteiger partial charge in [-0.05, 0) is 19.1 Å². The van der Waals surface area contributed by atoms with Crippen LogP contribution in [0.25, 0.3) is 0 Å². The van der Waals surface area contributed by atoms with Gasteiger partial charge in [-0.25, -0.2) is 10.2 Å². The fourth-order valence-corrected chi connectivity index (χ4v) is 0.694. The minimum absolute atomic E-state index is 0.651. The first-order chi connectivity index (χ1) is 7.20. The highest BCUT2D eigenvalue weighted by atomic mass is 32.1. The van der Waals surface area contributed by atoms with Crippen LogP contribution in [0.1, 0.15) is 5.56 Å². The number of methoxy groups -OCH3 is 1. The van der Waals surface area contributed by atoms with Crippen molar-refractivity contribution in [3.63, 3.8) is 0 Å². The Labute approximate surface area is 93.9 Å². The molecule has 0 aliphatic heterocycles. The predicted octanol–water partition coefficient (Wildman–Crippen LogP) is 2.36. The Bertz CT molecular complexity index is 335. The van der Waals surface area contributed by atoms with E-state index in [2.05, 4.69) is 41.1 Å². The lowest BCUT2D eigenvalue weighted by atomic mass is 10.2. The second-order valence-corrected chi connectivity index (χ2v) is 2.64. The number of thiocarbonyl (C=S) groups is 1. The normalized spacial score (nSPS) is 7.60. The molecule has 0 spiro atoms. The number of hydrogen-bond acceptors (Lipinski definition) is 4. The molecule has 0 saturated carbocycles. The maximum atomic E-state index is 10.1. The molecule has 1 N–H and O–H groups in total. The van der Waals surface area contributed by atoms with Crippen molar-refractivity contribution in [1.29, 1.82) is 0 Å². The quantitative estimate of drug-likeness (QED) is 0.452. The van der Waals surface area contributed by atoms with Crippen LogP contribution in [0.4, 0.5) is 4.79 Å². The average molecular weight is 224 g/mol. The minimum Gasteiger partial charge on any atom is -0.452 e. The van der Waals surface area contributed by atoms with E-state index in [9.17, 15) is 4.79 Å². The van der Waals surface area contributed by atoms with Gasteiger partial charge < -0.3 is 4.74 Å². The Balaban J connectivity index is 0.000000262. The summed E-state index contributed by atoms with van der Waals surface area (Å²) in [6.07, 6.45) is -0.651. The van der Waals surface area contributed by atoms with E-state index in [0.29, 0.717) is 0 Å². The van der Waals surface area contributed by atoms with Crippen LogP contribution in [0.2, 0.25) is 0 Å². The van der Waals surface area contributed by atoms with Gasteiger partial charge in [-0.1, -0.05) is 35.9 Å². The summed E-state index contributed by atoms with van der Waals surface area (Å²) in [5.74, 6) is 0. The number of aryl methyl sites for hydroxylation is 1. The fraction of sp³-hybridized carbons (Fsp3) is 0.200. The van der Waals surface area contributed by atoms with Crippen LogP contribution < -0.4 is 5.43 Å². The van der Waals surface area contributed by atoms with Gasteiger partial charge in [-0.2, -0.15) is 0 Å². The summed E-state index contributed by atoms with van der Waals surface area (Å²) in [4.78, 5) is 10.1. The van der Waals surface area contributed by atoms with Gasteiger partial charge in [0.2, 0.25) is 0 Å². The van der Waals surface area contributed by atoms with Crippen molar-refractivity contribution < 1.29 is 9.53 Å². The summed E-state index contributed by atoms with van der Waals surface area (Å²) in [7, 11) is 1.23. The van der Waals surface area contributed by atoms with Crippen molar-refractivity contribution in [1.82, 2.24) is 5.43 Å². The molecule has 1 aromatic carbocycles. The van der Waals surface area contributed by atoms with Crippen molar-refractivity contribution in [2.75, 3.05) is 7.11 Å². The zero-order valence-electron chi connectivity index (χ0n) is 8.56. The summed E-state index contributed by atoms with van der Waals surface area (Å²) in [5, 5.41) is 5.01. The lowest BCUT2D eigenvalue weighted by Crippen LogP contribution is -2.15. The number of nitrogens with zero attached hydrogens (tertiary/aromatic N) is 1. The van der Waals surface area contributed by atoms with E-state index in [1.807, 2.05) is 28.8 Å². The third kappa shape index (κ3) is 8.62. The highest BCUT2D eigenvalue weighted by molar-refractivity contribution is 7.78. The number of nitrogens with one attached hydrogen (secondary N) is 1. The number of benzene rings is 1. The van der Waals surface area contributed by atoms with Crippen molar-refractivity contribution in [2.24, 2.45) is 5.10 Å². The zero-order chi connectivity index (χ0) is 11.5. The first kappa shape index (κ1) is 13.3. The molecule has 0 fully saturated rings. The van der Waals surface area contributed by atoms with E-state index in [1.165, 1.54) is 12.7 Å². The Morgan fingerprint density at radius 2 is 2.07 bits per heavy atom. The van der Waals surface area contributed by atoms with Crippen LogP contribution in [0.3, 0.4) is 0 Å². The van der Waals surface area contributed by atoms with Gasteiger partial charge >= 0.3 is 6.09 Å². The molecule has 1 aromatic rings. The Morgan fingerprint density at radius 3 is 2.40 bits per heavy atom. The molecule has 0 aromatic heterocycles. The number of amides is 1. The molecule has 0 heterocycles. The third-order valence-corrected chi connectivity index (χ3v) is 1.41. The van der Waals surface area contributed by atoms with E-state index in [4.69, 9.17) is 0 Å². The highest BCUT2D eigenvalue weighted by Crippen LogP contribution is 1.92. The predicted molar refractivity (Wildman–Crippen MR) is 61.7 cm³/mol. The number of hydrazone groups is 1. The van der Waals surface area contributed by atoms with E-state index >= 15 is 0 Å². The summed E-state index contributed by atoms with van der Waals surface area (Å²) in [6.45, 7) is 2.08. The number of ether oxygens (including phenoxy) is 1.